The van der Waals surface area contributed by atoms with Gasteiger partial charge in [0, 0.05) is 19.3 Å². The number of hydrogen-bond donors (Lipinski definition) is 3. The van der Waals surface area contributed by atoms with Gasteiger partial charge in [-0.15, -0.1) is 0 Å². The molecule has 0 heterocycles. The van der Waals surface area contributed by atoms with E-state index in [4.69, 9.17) is 9.84 Å². The third-order valence-corrected chi connectivity index (χ3v) is 5.03. The molecule has 2 aromatic rings. The zero-order valence-corrected chi connectivity index (χ0v) is 18.7. The summed E-state index contributed by atoms with van der Waals surface area (Å²) < 4.78 is 5.14. The Hall–Kier alpha value is -3.52. The number of esters is 1. The number of ketones is 1. The van der Waals surface area contributed by atoms with Crippen LogP contribution in [-0.4, -0.2) is 46.0 Å². The largest absolute Gasteiger partial charge is 0.480 e. The smallest absolute Gasteiger partial charge is 0.326 e. The Morgan fingerprint density at radius 1 is 0.909 bits per heavy atom. The first-order valence-electron chi connectivity index (χ1n) is 10.7. The fourth-order valence-electron chi connectivity index (χ4n) is 3.03. The van der Waals surface area contributed by atoms with Gasteiger partial charge in [-0.05, 0) is 43.5 Å². The normalized spacial score (nSPS) is 12.5. The van der Waals surface area contributed by atoms with Crippen molar-refractivity contribution in [2.45, 2.75) is 58.1 Å². The van der Waals surface area contributed by atoms with Crippen molar-refractivity contribution < 1.29 is 34.1 Å². The molecule has 2 atom stereocenters. The zero-order chi connectivity index (χ0) is 24.4. The summed E-state index contributed by atoms with van der Waals surface area (Å²) in [6, 6.07) is 13.0. The first-order valence-corrected chi connectivity index (χ1v) is 10.7. The molecule has 0 saturated carbocycles. The second-order valence-electron chi connectivity index (χ2n) is 7.91. The number of aliphatic carboxylic acids is 1. The van der Waals surface area contributed by atoms with E-state index in [-0.39, 0.29) is 37.3 Å². The average Bonchev–Trinajstić information content (AvgIpc) is 2.77. The average molecular weight is 456 g/mol. The van der Waals surface area contributed by atoms with Gasteiger partial charge in [-0.1, -0.05) is 42.0 Å². The summed E-state index contributed by atoms with van der Waals surface area (Å²) in [5.41, 5.74) is 2.77. The lowest BCUT2D eigenvalue weighted by Gasteiger charge is -2.15. The Labute approximate surface area is 192 Å². The van der Waals surface area contributed by atoms with Gasteiger partial charge in [-0.25, -0.2) is 4.79 Å². The van der Waals surface area contributed by atoms with Crippen LogP contribution in [0.1, 0.15) is 42.9 Å². The van der Waals surface area contributed by atoms with Crippen molar-refractivity contribution >= 4 is 23.6 Å². The first kappa shape index (κ1) is 25.7. The van der Waals surface area contributed by atoms with Gasteiger partial charge in [0.05, 0.1) is 6.42 Å². The Morgan fingerprint density at radius 3 is 2.09 bits per heavy atom. The molecule has 0 aliphatic carbocycles. The number of rotatable bonds is 12. The number of aliphatic hydroxyl groups is 1. The number of hydrogen-bond acceptors (Lipinski definition) is 6. The van der Waals surface area contributed by atoms with E-state index in [0.717, 1.165) is 11.1 Å². The molecule has 0 bridgehead atoms. The van der Waals surface area contributed by atoms with Crippen LogP contribution in [0.4, 0.5) is 0 Å². The number of benzene rings is 2. The van der Waals surface area contributed by atoms with Crippen molar-refractivity contribution in [3.05, 3.63) is 65.2 Å². The number of ether oxygens (including phenoxy) is 1. The SMILES string of the molecule is Cc1ccc(CCC(=O)NC(Cc2ccc(OC(=O)CCC(=O)C(C)O)cc2)C(=O)O)cc1. The molecule has 33 heavy (non-hydrogen) atoms. The van der Waals surface area contributed by atoms with Crippen molar-refractivity contribution in [3.8, 4) is 5.75 Å². The fourth-order valence-corrected chi connectivity index (χ4v) is 3.03. The standard InChI is InChI=1S/C25H29NO7/c1-16-3-5-18(6-4-16)9-13-23(29)26-21(25(31)32)15-19-7-10-20(11-8-19)33-24(30)14-12-22(28)17(2)27/h3-8,10-11,17,21,27H,9,12-15H2,1-2H3,(H,26,29)(H,31,32). The van der Waals surface area contributed by atoms with Gasteiger partial charge in [0.15, 0.2) is 5.78 Å². The van der Waals surface area contributed by atoms with Crippen LogP contribution in [0.3, 0.4) is 0 Å². The summed E-state index contributed by atoms with van der Waals surface area (Å²) in [4.78, 5) is 47.0. The van der Waals surface area contributed by atoms with Gasteiger partial charge in [0.2, 0.25) is 5.91 Å². The molecule has 3 N–H and O–H groups in total. The lowest BCUT2D eigenvalue weighted by molar-refractivity contribution is -0.141. The molecule has 1 amide bonds. The van der Waals surface area contributed by atoms with Crippen LogP contribution in [0.25, 0.3) is 0 Å². The molecule has 0 aliphatic heterocycles. The molecule has 0 fully saturated rings. The summed E-state index contributed by atoms with van der Waals surface area (Å²) >= 11 is 0. The van der Waals surface area contributed by atoms with E-state index in [9.17, 15) is 24.3 Å². The maximum atomic E-state index is 12.2. The van der Waals surface area contributed by atoms with Crippen molar-refractivity contribution in [2.24, 2.45) is 0 Å². The van der Waals surface area contributed by atoms with Crippen LogP contribution in [0.5, 0.6) is 5.75 Å². The third-order valence-electron chi connectivity index (χ3n) is 5.03. The molecule has 2 unspecified atom stereocenters. The van der Waals surface area contributed by atoms with Gasteiger partial charge in [-0.2, -0.15) is 0 Å². The molecule has 176 valence electrons. The molecular weight excluding hydrogens is 426 g/mol. The first-order chi connectivity index (χ1) is 15.6. The minimum Gasteiger partial charge on any atom is -0.480 e. The van der Waals surface area contributed by atoms with Crippen molar-refractivity contribution in [3.63, 3.8) is 0 Å². The number of carboxylic acids is 1. The van der Waals surface area contributed by atoms with E-state index in [0.29, 0.717) is 12.0 Å². The van der Waals surface area contributed by atoms with E-state index in [1.165, 1.54) is 19.1 Å². The third kappa shape index (κ3) is 9.24. The van der Waals surface area contributed by atoms with Gasteiger partial charge >= 0.3 is 11.9 Å². The number of nitrogens with one attached hydrogen (secondary N) is 1. The predicted molar refractivity (Wildman–Crippen MR) is 121 cm³/mol. The Kier molecular flexibility index (Phi) is 9.75. The highest BCUT2D eigenvalue weighted by Crippen LogP contribution is 2.15. The second kappa shape index (κ2) is 12.5. The molecule has 8 heteroatoms. The predicted octanol–water partition coefficient (Wildman–Crippen LogP) is 2.38. The van der Waals surface area contributed by atoms with E-state index in [2.05, 4.69) is 5.32 Å². The van der Waals surface area contributed by atoms with Gasteiger partial charge in [0.25, 0.3) is 0 Å². The number of aryl methyl sites for hydroxylation is 2. The molecule has 0 aromatic heterocycles. The maximum Gasteiger partial charge on any atom is 0.326 e. The van der Waals surface area contributed by atoms with Crippen LogP contribution < -0.4 is 10.1 Å². The Bertz CT molecular complexity index is 965. The fraction of sp³-hybridized carbons (Fsp3) is 0.360. The topological polar surface area (TPSA) is 130 Å². The lowest BCUT2D eigenvalue weighted by atomic mass is 10.0. The number of carboxylic acid groups (broad SMARTS) is 1. The molecule has 0 aliphatic rings. The number of amides is 1. The van der Waals surface area contributed by atoms with Crippen molar-refractivity contribution in [1.29, 1.82) is 0 Å². The van der Waals surface area contributed by atoms with Crippen LogP contribution in [-0.2, 0) is 32.0 Å². The number of Topliss-reactive ketones (excluding diaryl/α,β-unsaturated/α-hetero) is 1. The van der Waals surface area contributed by atoms with Crippen LogP contribution in [0.15, 0.2) is 48.5 Å². The monoisotopic (exact) mass is 455 g/mol. The summed E-state index contributed by atoms with van der Waals surface area (Å²) in [6.45, 7) is 3.32. The van der Waals surface area contributed by atoms with E-state index >= 15 is 0 Å². The maximum absolute atomic E-state index is 12.2. The van der Waals surface area contributed by atoms with Crippen LogP contribution in [0, 0.1) is 6.92 Å². The number of aliphatic hydroxyl groups excluding tert-OH is 1. The highest BCUT2D eigenvalue weighted by atomic mass is 16.5. The molecular formula is C25H29NO7. The Balaban J connectivity index is 1.85. The molecule has 0 saturated heterocycles. The highest BCUT2D eigenvalue weighted by molar-refractivity contribution is 5.86. The van der Waals surface area contributed by atoms with Crippen molar-refractivity contribution in [2.75, 3.05) is 0 Å². The highest BCUT2D eigenvalue weighted by Gasteiger charge is 2.20. The lowest BCUT2D eigenvalue weighted by Crippen LogP contribution is -2.42. The summed E-state index contributed by atoms with van der Waals surface area (Å²) in [5, 5.41) is 21.2. The van der Waals surface area contributed by atoms with E-state index in [1.807, 2.05) is 31.2 Å². The minimum absolute atomic E-state index is 0.0721. The Morgan fingerprint density at radius 2 is 1.52 bits per heavy atom. The van der Waals surface area contributed by atoms with Crippen molar-refractivity contribution in [1.82, 2.24) is 5.32 Å². The number of carbonyl (C=O) groups excluding carboxylic acids is 3. The second-order valence-corrected chi connectivity index (χ2v) is 7.91. The number of carbonyl (C=O) groups is 4. The van der Waals surface area contributed by atoms with Gasteiger partial charge in [0.1, 0.15) is 17.9 Å². The van der Waals surface area contributed by atoms with Crippen LogP contribution in [0.2, 0.25) is 0 Å². The minimum atomic E-state index is -1.14. The van der Waals surface area contributed by atoms with Gasteiger partial charge < -0.3 is 20.3 Å². The summed E-state index contributed by atoms with van der Waals surface area (Å²) in [5.74, 6) is -2.29. The van der Waals surface area contributed by atoms with E-state index in [1.54, 1.807) is 12.1 Å². The molecule has 8 nitrogen and oxygen atoms in total. The quantitative estimate of drug-likeness (QED) is 0.331. The molecule has 0 radical (unpaired) electrons. The van der Waals surface area contributed by atoms with E-state index < -0.39 is 29.9 Å². The van der Waals surface area contributed by atoms with Gasteiger partial charge in [-0.3, -0.25) is 14.4 Å². The van der Waals surface area contributed by atoms with Crippen LogP contribution >= 0.6 is 0 Å². The summed E-state index contributed by atoms with van der Waals surface area (Å²) in [6.07, 6.45) is -0.620. The summed E-state index contributed by atoms with van der Waals surface area (Å²) in [7, 11) is 0. The molecule has 0 spiro atoms. The molecule has 2 rings (SSSR count). The molecule has 2 aromatic carbocycles. The zero-order valence-electron chi connectivity index (χ0n) is 18.7.